The fourth-order valence-electron chi connectivity index (χ4n) is 2.04. The topological polar surface area (TPSA) is 52.6 Å². The third-order valence-corrected chi connectivity index (χ3v) is 2.89. The normalized spacial score (nSPS) is 19.0. The van der Waals surface area contributed by atoms with E-state index in [0.717, 1.165) is 5.56 Å². The number of allylic oxidation sites excluding steroid dienone is 1. The van der Waals surface area contributed by atoms with Crippen molar-refractivity contribution in [2.24, 2.45) is 0 Å². The Morgan fingerprint density at radius 3 is 2.79 bits per heavy atom. The van der Waals surface area contributed by atoms with E-state index in [9.17, 15) is 9.90 Å². The summed E-state index contributed by atoms with van der Waals surface area (Å²) in [6, 6.07) is 9.58. The number of nitrogens with zero attached hydrogens (tertiary/aromatic N) is 1. The second kappa shape index (κ2) is 7.27. The molecule has 1 aromatic rings. The molecule has 1 atom stereocenters. The van der Waals surface area contributed by atoms with E-state index in [-0.39, 0.29) is 37.4 Å². The molecule has 1 heterocycles. The van der Waals surface area contributed by atoms with Crippen LogP contribution in [0.5, 0.6) is 0 Å². The van der Waals surface area contributed by atoms with Crippen LogP contribution in [0.3, 0.4) is 0 Å². The summed E-state index contributed by atoms with van der Waals surface area (Å²) in [6.45, 7) is 2.14. The number of carbonyl (C=O) groups is 1. The molecule has 0 aromatic heterocycles. The Kier molecular flexibility index (Phi) is 6.00. The molecule has 2 rings (SSSR count). The summed E-state index contributed by atoms with van der Waals surface area (Å²) in [4.78, 5) is 12.8. The minimum atomic E-state index is -0.536. The Hall–Kier alpha value is -1.37. The van der Waals surface area contributed by atoms with Gasteiger partial charge >= 0.3 is 25.0 Å². The average molecular weight is 253 g/mol. The summed E-state index contributed by atoms with van der Waals surface area (Å²) in [5, 5.41) is 11.8. The largest absolute Gasteiger partial charge is 1.00 e. The van der Waals surface area contributed by atoms with Crippen molar-refractivity contribution in [1.29, 1.82) is 0 Å². The van der Waals surface area contributed by atoms with E-state index >= 15 is 0 Å². The third kappa shape index (κ3) is 3.79. The van der Waals surface area contributed by atoms with Crippen LogP contribution in [0.2, 0.25) is 0 Å². The van der Waals surface area contributed by atoms with Crippen LogP contribution in [0.1, 0.15) is 18.9 Å². The van der Waals surface area contributed by atoms with E-state index in [2.05, 4.69) is 0 Å². The molecule has 1 aliphatic heterocycles. The van der Waals surface area contributed by atoms with Gasteiger partial charge in [0.25, 0.3) is 0 Å². The Bertz CT molecular complexity index is 447. The van der Waals surface area contributed by atoms with Crippen molar-refractivity contribution in [2.75, 3.05) is 6.61 Å². The molecule has 19 heavy (non-hydrogen) atoms. The van der Waals surface area contributed by atoms with Crippen molar-refractivity contribution >= 4 is 6.09 Å². The molecule has 0 saturated carbocycles. The van der Waals surface area contributed by atoms with Gasteiger partial charge in [0, 0.05) is 0 Å². The quantitative estimate of drug-likeness (QED) is 0.493. The maximum Gasteiger partial charge on any atom is 1.00 e. The van der Waals surface area contributed by atoms with Crippen LogP contribution in [0, 0.1) is 0 Å². The Morgan fingerprint density at radius 1 is 1.47 bits per heavy atom. The minimum absolute atomic E-state index is 0. The molecule has 0 unspecified atom stereocenters. The summed E-state index contributed by atoms with van der Waals surface area (Å²) in [6.07, 6.45) is 2.21. The van der Waals surface area contributed by atoms with E-state index in [0.29, 0.717) is 12.8 Å². The molecule has 1 saturated heterocycles. The van der Waals surface area contributed by atoms with Gasteiger partial charge in [-0.15, -0.1) is 0 Å². The molecule has 0 N–H and O–H groups in total. The predicted octanol–water partition coefficient (Wildman–Crippen LogP) is -1.33. The number of amides is 1. The van der Waals surface area contributed by atoms with Gasteiger partial charge in [-0.2, -0.15) is 0 Å². The fourth-order valence-corrected chi connectivity index (χ4v) is 2.04. The number of hydrogen-bond donors (Lipinski definition) is 0. The maximum atomic E-state index is 11.8. The molecule has 1 aliphatic rings. The van der Waals surface area contributed by atoms with E-state index in [1.807, 2.05) is 37.3 Å². The van der Waals surface area contributed by atoms with Gasteiger partial charge < -0.3 is 9.84 Å². The van der Waals surface area contributed by atoms with Gasteiger partial charge in [-0.1, -0.05) is 43.3 Å². The first-order valence-electron chi connectivity index (χ1n) is 6.09. The van der Waals surface area contributed by atoms with Crippen molar-refractivity contribution < 1.29 is 33.5 Å². The van der Waals surface area contributed by atoms with Crippen molar-refractivity contribution in [2.45, 2.75) is 25.8 Å². The zero-order valence-corrected chi connectivity index (χ0v) is 11.3. The Morgan fingerprint density at radius 2 is 2.16 bits per heavy atom. The number of hydrogen-bond acceptors (Lipinski definition) is 3. The monoisotopic (exact) mass is 253 g/mol. The zero-order valence-electron chi connectivity index (χ0n) is 11.3. The number of benzene rings is 1. The number of ether oxygens (including phenoxy) is 1. The molecule has 0 bridgehead atoms. The summed E-state index contributed by atoms with van der Waals surface area (Å²) in [5.41, 5.74) is 1.09. The number of cyclic esters (lactones) is 1. The summed E-state index contributed by atoms with van der Waals surface area (Å²) < 4.78 is 4.96. The second-order valence-corrected chi connectivity index (χ2v) is 4.24. The zero-order chi connectivity index (χ0) is 13.0. The van der Waals surface area contributed by atoms with Gasteiger partial charge in [-0.25, -0.2) is 4.79 Å². The summed E-state index contributed by atoms with van der Waals surface area (Å²) in [5.74, 6) is -0.263. The standard InChI is InChI=1S/C14H17NO3.Li/c1-2-6-13(16)15-12(10-18-14(15)17)9-11-7-4-3-5-8-11;/h3-8,12,16H,2,9-10H2,1H3;/q;+1/p-1/b13-6-;/t12-;/m0./s1. The van der Waals surface area contributed by atoms with Gasteiger partial charge in [0.2, 0.25) is 0 Å². The summed E-state index contributed by atoms with van der Waals surface area (Å²) >= 11 is 0. The number of rotatable bonds is 4. The molecule has 0 radical (unpaired) electrons. The number of carbonyl (C=O) groups excluding carboxylic acids is 1. The first-order valence-corrected chi connectivity index (χ1v) is 6.09. The Labute approximate surface area is 125 Å². The van der Waals surface area contributed by atoms with E-state index in [1.165, 1.54) is 11.0 Å². The van der Waals surface area contributed by atoms with E-state index < -0.39 is 6.09 Å². The molecule has 4 nitrogen and oxygen atoms in total. The molecular formula is C14H16LiNO3. The average Bonchev–Trinajstić information content (AvgIpc) is 2.72. The molecule has 1 aromatic carbocycles. The second-order valence-electron chi connectivity index (χ2n) is 4.24. The van der Waals surface area contributed by atoms with Crippen LogP contribution >= 0.6 is 0 Å². The smallest absolute Gasteiger partial charge is 0.860 e. The van der Waals surface area contributed by atoms with Gasteiger partial charge in [0.05, 0.1) is 6.04 Å². The maximum absolute atomic E-state index is 11.8. The molecule has 5 heteroatoms. The minimum Gasteiger partial charge on any atom is -0.860 e. The predicted molar refractivity (Wildman–Crippen MR) is 65.5 cm³/mol. The molecular weight excluding hydrogens is 237 g/mol. The summed E-state index contributed by atoms with van der Waals surface area (Å²) in [7, 11) is 0. The molecule has 96 valence electrons. The van der Waals surface area contributed by atoms with Crippen molar-refractivity contribution in [3.05, 3.63) is 47.9 Å². The molecule has 1 fully saturated rings. The van der Waals surface area contributed by atoms with Gasteiger partial charge in [-0.05, 0) is 24.3 Å². The van der Waals surface area contributed by atoms with Crippen molar-refractivity contribution in [3.8, 4) is 0 Å². The van der Waals surface area contributed by atoms with Crippen LogP contribution in [0.4, 0.5) is 4.79 Å². The van der Waals surface area contributed by atoms with E-state index in [4.69, 9.17) is 4.74 Å². The van der Waals surface area contributed by atoms with Crippen LogP contribution in [0.25, 0.3) is 0 Å². The third-order valence-electron chi connectivity index (χ3n) is 2.89. The van der Waals surface area contributed by atoms with Crippen LogP contribution < -0.4 is 24.0 Å². The first kappa shape index (κ1) is 15.7. The Balaban J connectivity index is 0.00000180. The van der Waals surface area contributed by atoms with Crippen LogP contribution in [-0.4, -0.2) is 23.6 Å². The molecule has 0 aliphatic carbocycles. The van der Waals surface area contributed by atoms with Gasteiger partial charge in [0.1, 0.15) is 6.61 Å². The van der Waals surface area contributed by atoms with Gasteiger partial charge in [-0.3, -0.25) is 4.90 Å². The SMILES string of the molecule is CC/C=C(\[O-])N1C(=O)OC[C@@H]1Cc1ccccc1.[Li+]. The van der Waals surface area contributed by atoms with Gasteiger partial charge in [0.15, 0.2) is 0 Å². The van der Waals surface area contributed by atoms with Crippen LogP contribution in [-0.2, 0) is 11.2 Å². The van der Waals surface area contributed by atoms with Crippen molar-refractivity contribution in [3.63, 3.8) is 0 Å². The van der Waals surface area contributed by atoms with Crippen LogP contribution in [0.15, 0.2) is 42.3 Å². The molecule has 0 spiro atoms. The van der Waals surface area contributed by atoms with Crippen molar-refractivity contribution in [1.82, 2.24) is 4.90 Å². The van der Waals surface area contributed by atoms with E-state index in [1.54, 1.807) is 0 Å². The fraction of sp³-hybridized carbons (Fsp3) is 0.357. The molecule has 1 amide bonds. The first-order chi connectivity index (χ1) is 8.72.